The smallest absolute Gasteiger partial charge is 0.200 e. The Morgan fingerprint density at radius 3 is 3.18 bits per heavy atom. The Hall–Kier alpha value is -1.72. The quantitative estimate of drug-likeness (QED) is 0.780. The highest BCUT2D eigenvalue weighted by molar-refractivity contribution is 5.45. The van der Waals surface area contributed by atoms with Gasteiger partial charge in [-0.05, 0) is 48.2 Å². The molecule has 1 atom stereocenters. The highest BCUT2D eigenvalue weighted by Gasteiger charge is 2.22. The average molecular weight is 232 g/mol. The summed E-state index contributed by atoms with van der Waals surface area (Å²) >= 11 is 0. The molecule has 6 heteroatoms. The first-order chi connectivity index (χ1) is 8.38. The third kappa shape index (κ3) is 1.83. The summed E-state index contributed by atoms with van der Waals surface area (Å²) in [6.07, 6.45) is 4.98. The van der Waals surface area contributed by atoms with Crippen LogP contribution in [-0.2, 0) is 0 Å². The van der Waals surface area contributed by atoms with Gasteiger partial charge in [0.25, 0.3) is 0 Å². The van der Waals surface area contributed by atoms with Crippen LogP contribution in [0.5, 0.6) is 0 Å². The molecule has 1 saturated heterocycles. The fraction of sp³-hybridized carbons (Fsp3) is 0.636. The zero-order chi connectivity index (χ0) is 11.7. The summed E-state index contributed by atoms with van der Waals surface area (Å²) < 4.78 is 1.50. The van der Waals surface area contributed by atoms with Gasteiger partial charge < -0.3 is 4.90 Å². The minimum atomic E-state index is 0.602. The second-order valence-electron chi connectivity index (χ2n) is 4.47. The molecule has 0 amide bonds. The molecule has 1 aliphatic heterocycles. The van der Waals surface area contributed by atoms with Gasteiger partial charge in [-0.15, -0.1) is 14.8 Å². The molecular weight excluding hydrogens is 216 g/mol. The van der Waals surface area contributed by atoms with Gasteiger partial charge in [0, 0.05) is 12.6 Å². The van der Waals surface area contributed by atoms with Crippen molar-refractivity contribution in [1.82, 2.24) is 25.3 Å². The molecule has 17 heavy (non-hydrogen) atoms. The van der Waals surface area contributed by atoms with Crippen molar-refractivity contribution in [1.29, 1.82) is 0 Å². The van der Waals surface area contributed by atoms with E-state index in [1.165, 1.54) is 23.9 Å². The maximum absolute atomic E-state index is 4.46. The number of aromatic nitrogens is 5. The largest absolute Gasteiger partial charge is 0.352 e. The zero-order valence-corrected chi connectivity index (χ0v) is 9.95. The van der Waals surface area contributed by atoms with Crippen LogP contribution in [0, 0.1) is 0 Å². The first kappa shape index (κ1) is 10.4. The van der Waals surface area contributed by atoms with Crippen LogP contribution in [0.1, 0.15) is 32.6 Å². The zero-order valence-electron chi connectivity index (χ0n) is 9.95. The lowest BCUT2D eigenvalue weighted by Gasteiger charge is -2.35. The maximum atomic E-state index is 4.46. The van der Waals surface area contributed by atoms with E-state index in [0.717, 1.165) is 18.8 Å². The monoisotopic (exact) mass is 232 g/mol. The first-order valence-electron chi connectivity index (χ1n) is 6.20. The molecule has 90 valence electrons. The van der Waals surface area contributed by atoms with Gasteiger partial charge in [-0.3, -0.25) is 0 Å². The highest BCUT2D eigenvalue weighted by atomic mass is 15.6. The molecule has 3 rings (SSSR count). The summed E-state index contributed by atoms with van der Waals surface area (Å²) in [5, 5.41) is 15.8. The maximum Gasteiger partial charge on any atom is 0.200 e. The van der Waals surface area contributed by atoms with Crippen LogP contribution >= 0.6 is 0 Å². The summed E-state index contributed by atoms with van der Waals surface area (Å²) in [6.45, 7) is 3.32. The first-order valence-corrected chi connectivity index (χ1v) is 6.20. The van der Waals surface area contributed by atoms with Crippen molar-refractivity contribution in [3.63, 3.8) is 0 Å². The van der Waals surface area contributed by atoms with Crippen LogP contribution in [0.2, 0.25) is 0 Å². The standard InChI is InChI=1S/C11H16N6/c1-2-9-5-3-4-8-16(9)11-7-6-10-12-14-15-17(10)13-11/h6-7,9H,2-5,8H2,1H3. The molecule has 2 aromatic rings. The molecule has 0 radical (unpaired) electrons. The molecule has 0 aromatic carbocycles. The van der Waals surface area contributed by atoms with Crippen LogP contribution < -0.4 is 4.90 Å². The van der Waals surface area contributed by atoms with Crippen LogP contribution in [0.25, 0.3) is 5.65 Å². The Morgan fingerprint density at radius 1 is 1.35 bits per heavy atom. The predicted molar refractivity (Wildman–Crippen MR) is 63.9 cm³/mol. The Labute approximate surface area is 99.6 Å². The van der Waals surface area contributed by atoms with Crippen molar-refractivity contribution in [2.45, 2.75) is 38.6 Å². The van der Waals surface area contributed by atoms with Gasteiger partial charge >= 0.3 is 0 Å². The molecule has 1 aliphatic rings. The van der Waals surface area contributed by atoms with Crippen molar-refractivity contribution in [3.05, 3.63) is 12.1 Å². The third-order valence-corrected chi connectivity index (χ3v) is 3.45. The Bertz CT molecular complexity index is 507. The Morgan fingerprint density at radius 2 is 2.29 bits per heavy atom. The second-order valence-corrected chi connectivity index (χ2v) is 4.47. The lowest BCUT2D eigenvalue weighted by atomic mass is 10.0. The molecule has 2 aromatic heterocycles. The van der Waals surface area contributed by atoms with E-state index >= 15 is 0 Å². The number of hydrogen-bond donors (Lipinski definition) is 0. The van der Waals surface area contributed by atoms with Crippen LogP contribution in [0.15, 0.2) is 12.1 Å². The van der Waals surface area contributed by atoms with Gasteiger partial charge in [-0.25, -0.2) is 0 Å². The number of nitrogens with zero attached hydrogens (tertiary/aromatic N) is 6. The van der Waals surface area contributed by atoms with E-state index in [9.17, 15) is 0 Å². The van der Waals surface area contributed by atoms with Gasteiger partial charge in [0.05, 0.1) is 0 Å². The number of fused-ring (bicyclic) bond motifs is 1. The topological polar surface area (TPSA) is 59.2 Å². The lowest BCUT2D eigenvalue weighted by molar-refractivity contribution is 0.444. The molecular formula is C11H16N6. The lowest BCUT2D eigenvalue weighted by Crippen LogP contribution is -2.39. The number of piperidine rings is 1. The fourth-order valence-electron chi connectivity index (χ4n) is 2.52. The second kappa shape index (κ2) is 4.27. The Kier molecular flexibility index (Phi) is 2.62. The van der Waals surface area contributed by atoms with Gasteiger partial charge in [0.15, 0.2) is 11.5 Å². The van der Waals surface area contributed by atoms with Crippen molar-refractivity contribution in [2.24, 2.45) is 0 Å². The van der Waals surface area contributed by atoms with Crippen LogP contribution in [-0.4, -0.2) is 37.8 Å². The SMILES string of the molecule is CCC1CCCCN1c1ccc2nnnn2n1. The van der Waals surface area contributed by atoms with Crippen molar-refractivity contribution in [3.8, 4) is 0 Å². The van der Waals surface area contributed by atoms with E-state index in [4.69, 9.17) is 0 Å². The van der Waals surface area contributed by atoms with E-state index in [0.29, 0.717) is 11.7 Å². The molecule has 0 saturated carbocycles. The minimum Gasteiger partial charge on any atom is -0.352 e. The normalized spacial score (nSPS) is 21.0. The molecule has 6 nitrogen and oxygen atoms in total. The summed E-state index contributed by atoms with van der Waals surface area (Å²) in [6, 6.07) is 4.54. The highest BCUT2D eigenvalue weighted by Crippen LogP contribution is 2.24. The van der Waals surface area contributed by atoms with Gasteiger partial charge in [-0.1, -0.05) is 6.92 Å². The molecule has 1 unspecified atom stereocenters. The van der Waals surface area contributed by atoms with Gasteiger partial charge in [0.1, 0.15) is 0 Å². The summed E-state index contributed by atoms with van der Waals surface area (Å²) in [4.78, 5) is 2.38. The summed E-state index contributed by atoms with van der Waals surface area (Å²) in [5.74, 6) is 0.983. The van der Waals surface area contributed by atoms with E-state index in [1.807, 2.05) is 12.1 Å². The molecule has 1 fully saturated rings. The summed E-state index contributed by atoms with van der Waals surface area (Å²) in [5.41, 5.74) is 0.693. The van der Waals surface area contributed by atoms with E-state index in [2.05, 4.69) is 32.4 Å². The molecule has 0 aliphatic carbocycles. The Balaban J connectivity index is 1.95. The van der Waals surface area contributed by atoms with E-state index in [1.54, 1.807) is 0 Å². The van der Waals surface area contributed by atoms with Crippen molar-refractivity contribution in [2.75, 3.05) is 11.4 Å². The van der Waals surface area contributed by atoms with Crippen LogP contribution in [0.3, 0.4) is 0 Å². The van der Waals surface area contributed by atoms with Crippen LogP contribution in [0.4, 0.5) is 5.82 Å². The molecule has 0 spiro atoms. The fourth-order valence-corrected chi connectivity index (χ4v) is 2.52. The third-order valence-electron chi connectivity index (χ3n) is 3.45. The van der Waals surface area contributed by atoms with Crippen molar-refractivity contribution >= 4 is 11.5 Å². The molecule has 0 bridgehead atoms. The molecule has 3 heterocycles. The van der Waals surface area contributed by atoms with Gasteiger partial charge in [0.2, 0.25) is 0 Å². The number of tetrazole rings is 1. The molecule has 0 N–H and O–H groups in total. The number of rotatable bonds is 2. The number of anilines is 1. The van der Waals surface area contributed by atoms with Crippen molar-refractivity contribution < 1.29 is 0 Å². The summed E-state index contributed by atoms with van der Waals surface area (Å²) in [7, 11) is 0. The predicted octanol–water partition coefficient (Wildman–Crippen LogP) is 1.29. The minimum absolute atomic E-state index is 0.602. The van der Waals surface area contributed by atoms with E-state index in [-0.39, 0.29) is 0 Å². The number of hydrogen-bond acceptors (Lipinski definition) is 5. The average Bonchev–Trinajstić information content (AvgIpc) is 2.85. The van der Waals surface area contributed by atoms with E-state index < -0.39 is 0 Å². The van der Waals surface area contributed by atoms with Gasteiger partial charge in [-0.2, -0.15) is 0 Å².